The molecule has 0 bridgehead atoms. The number of ether oxygens (including phenoxy) is 1. The van der Waals surface area contributed by atoms with Crippen LogP contribution in [0.3, 0.4) is 0 Å². The van der Waals surface area contributed by atoms with Crippen LogP contribution in [0.1, 0.15) is 5.89 Å². The first-order valence-electron chi connectivity index (χ1n) is 5.64. The molecule has 0 radical (unpaired) electrons. The molecule has 0 amide bonds. The van der Waals surface area contributed by atoms with Crippen molar-refractivity contribution >= 4 is 11.2 Å². The summed E-state index contributed by atoms with van der Waals surface area (Å²) in [5.74, 6) is 1.47. The fourth-order valence-corrected chi connectivity index (χ4v) is 1.87. The van der Waals surface area contributed by atoms with E-state index in [-0.39, 0.29) is 0 Å². The minimum absolute atomic E-state index is 0.629. The molecule has 0 aliphatic carbocycles. The van der Waals surface area contributed by atoms with Crippen LogP contribution in [0, 0.1) is 6.92 Å². The summed E-state index contributed by atoms with van der Waals surface area (Å²) >= 11 is 0. The topological polar surface area (TPSA) is 48.2 Å². The monoisotopic (exact) mass is 240 g/mol. The van der Waals surface area contributed by atoms with Gasteiger partial charge in [0.15, 0.2) is 17.1 Å². The molecular formula is C14H12N2O2. The largest absolute Gasteiger partial charge is 0.497 e. The first-order valence-corrected chi connectivity index (χ1v) is 5.64. The Labute approximate surface area is 104 Å². The fourth-order valence-electron chi connectivity index (χ4n) is 1.87. The third kappa shape index (κ3) is 1.82. The number of benzene rings is 1. The standard InChI is InChI=1S/C14H12N2O2/c1-9-16-14-13(18-9)7-11(8-15-14)10-3-5-12(17-2)6-4-10/h3-8H,1-2H3. The second-order valence-corrected chi connectivity index (χ2v) is 4.01. The Bertz CT molecular complexity index is 687. The lowest BCUT2D eigenvalue weighted by Crippen LogP contribution is -1.84. The molecule has 0 spiro atoms. The molecule has 0 saturated heterocycles. The van der Waals surface area contributed by atoms with Crippen LogP contribution in [-0.4, -0.2) is 17.1 Å². The van der Waals surface area contributed by atoms with E-state index in [0.717, 1.165) is 16.9 Å². The second-order valence-electron chi connectivity index (χ2n) is 4.01. The highest BCUT2D eigenvalue weighted by molar-refractivity contribution is 5.76. The Morgan fingerprint density at radius 1 is 1.11 bits per heavy atom. The average Bonchev–Trinajstić information content (AvgIpc) is 2.78. The number of aromatic nitrogens is 2. The molecule has 3 aromatic rings. The lowest BCUT2D eigenvalue weighted by atomic mass is 10.1. The van der Waals surface area contributed by atoms with Gasteiger partial charge in [-0.25, -0.2) is 4.98 Å². The van der Waals surface area contributed by atoms with E-state index in [1.807, 2.05) is 37.3 Å². The Morgan fingerprint density at radius 3 is 2.61 bits per heavy atom. The Kier molecular flexibility index (Phi) is 2.48. The van der Waals surface area contributed by atoms with E-state index < -0.39 is 0 Å². The number of hydrogen-bond donors (Lipinski definition) is 0. The van der Waals surface area contributed by atoms with Gasteiger partial charge in [-0.05, 0) is 23.8 Å². The maximum atomic E-state index is 5.48. The second kappa shape index (κ2) is 4.14. The van der Waals surface area contributed by atoms with Gasteiger partial charge in [0, 0.05) is 18.7 Å². The molecule has 1 aromatic carbocycles. The van der Waals surface area contributed by atoms with Gasteiger partial charge < -0.3 is 9.15 Å². The molecule has 0 unspecified atom stereocenters. The molecule has 3 rings (SSSR count). The predicted molar refractivity (Wildman–Crippen MR) is 68.5 cm³/mol. The highest BCUT2D eigenvalue weighted by Gasteiger charge is 2.06. The molecule has 2 heterocycles. The lowest BCUT2D eigenvalue weighted by molar-refractivity contribution is 0.415. The van der Waals surface area contributed by atoms with Crippen LogP contribution in [0.5, 0.6) is 5.75 Å². The minimum atomic E-state index is 0.629. The van der Waals surface area contributed by atoms with Crippen molar-refractivity contribution in [1.29, 1.82) is 0 Å². The summed E-state index contributed by atoms with van der Waals surface area (Å²) in [5.41, 5.74) is 3.42. The third-order valence-corrected chi connectivity index (χ3v) is 2.78. The molecule has 2 aromatic heterocycles. The number of hydrogen-bond acceptors (Lipinski definition) is 4. The van der Waals surface area contributed by atoms with Crippen molar-refractivity contribution in [3.63, 3.8) is 0 Å². The molecular weight excluding hydrogens is 228 g/mol. The van der Waals surface area contributed by atoms with Crippen molar-refractivity contribution in [2.75, 3.05) is 7.11 Å². The molecule has 0 fully saturated rings. The molecule has 0 saturated carbocycles. The van der Waals surface area contributed by atoms with E-state index in [0.29, 0.717) is 17.1 Å². The highest BCUT2D eigenvalue weighted by atomic mass is 16.5. The number of nitrogens with zero attached hydrogens (tertiary/aromatic N) is 2. The lowest BCUT2D eigenvalue weighted by Gasteiger charge is -2.02. The van der Waals surface area contributed by atoms with Crippen LogP contribution in [0.4, 0.5) is 0 Å². The summed E-state index contributed by atoms with van der Waals surface area (Å²) in [6, 6.07) is 9.77. The fraction of sp³-hybridized carbons (Fsp3) is 0.143. The molecule has 0 N–H and O–H groups in total. The van der Waals surface area contributed by atoms with Gasteiger partial charge in [-0.15, -0.1) is 0 Å². The van der Waals surface area contributed by atoms with E-state index >= 15 is 0 Å². The van der Waals surface area contributed by atoms with Crippen molar-refractivity contribution in [1.82, 2.24) is 9.97 Å². The SMILES string of the molecule is COc1ccc(-c2cnc3nc(C)oc3c2)cc1. The first kappa shape index (κ1) is 10.8. The molecule has 0 aliphatic rings. The van der Waals surface area contributed by atoms with Gasteiger partial charge in [-0.2, -0.15) is 4.98 Å². The average molecular weight is 240 g/mol. The zero-order valence-corrected chi connectivity index (χ0v) is 10.2. The van der Waals surface area contributed by atoms with Crippen LogP contribution in [0.15, 0.2) is 40.9 Å². The summed E-state index contributed by atoms with van der Waals surface area (Å²) in [4.78, 5) is 8.46. The van der Waals surface area contributed by atoms with Crippen LogP contribution < -0.4 is 4.74 Å². The molecule has 4 heteroatoms. The summed E-state index contributed by atoms with van der Waals surface area (Å²) in [6.45, 7) is 1.81. The molecule has 4 nitrogen and oxygen atoms in total. The minimum Gasteiger partial charge on any atom is -0.497 e. The van der Waals surface area contributed by atoms with E-state index in [1.165, 1.54) is 0 Å². The van der Waals surface area contributed by atoms with E-state index in [1.54, 1.807) is 13.3 Å². The Hall–Kier alpha value is -2.36. The number of methoxy groups -OCH3 is 1. The maximum absolute atomic E-state index is 5.48. The zero-order chi connectivity index (χ0) is 12.5. The highest BCUT2D eigenvalue weighted by Crippen LogP contribution is 2.24. The van der Waals surface area contributed by atoms with Crippen molar-refractivity contribution in [3.05, 3.63) is 42.4 Å². The number of aryl methyl sites for hydroxylation is 1. The first-order chi connectivity index (χ1) is 8.76. The van der Waals surface area contributed by atoms with Crippen LogP contribution in [-0.2, 0) is 0 Å². The molecule has 18 heavy (non-hydrogen) atoms. The number of pyridine rings is 1. The number of rotatable bonds is 2. The van der Waals surface area contributed by atoms with Gasteiger partial charge in [0.1, 0.15) is 5.75 Å². The normalized spacial score (nSPS) is 10.8. The van der Waals surface area contributed by atoms with Gasteiger partial charge >= 0.3 is 0 Å². The summed E-state index contributed by atoms with van der Waals surface area (Å²) in [5, 5.41) is 0. The quantitative estimate of drug-likeness (QED) is 0.690. The summed E-state index contributed by atoms with van der Waals surface area (Å²) < 4.78 is 10.6. The van der Waals surface area contributed by atoms with Crippen molar-refractivity contribution in [2.24, 2.45) is 0 Å². The Balaban J connectivity index is 2.06. The summed E-state index contributed by atoms with van der Waals surface area (Å²) in [6.07, 6.45) is 1.80. The van der Waals surface area contributed by atoms with E-state index in [2.05, 4.69) is 9.97 Å². The van der Waals surface area contributed by atoms with Gasteiger partial charge in [-0.1, -0.05) is 12.1 Å². The molecule has 0 aliphatic heterocycles. The van der Waals surface area contributed by atoms with Gasteiger partial charge in [0.05, 0.1) is 7.11 Å². The molecule has 0 atom stereocenters. The maximum Gasteiger partial charge on any atom is 0.198 e. The van der Waals surface area contributed by atoms with Crippen LogP contribution >= 0.6 is 0 Å². The summed E-state index contributed by atoms with van der Waals surface area (Å²) in [7, 11) is 1.65. The number of fused-ring (bicyclic) bond motifs is 1. The zero-order valence-electron chi connectivity index (χ0n) is 10.2. The van der Waals surface area contributed by atoms with Gasteiger partial charge in [-0.3, -0.25) is 0 Å². The van der Waals surface area contributed by atoms with Gasteiger partial charge in [0.25, 0.3) is 0 Å². The predicted octanol–water partition coefficient (Wildman–Crippen LogP) is 3.21. The third-order valence-electron chi connectivity index (χ3n) is 2.78. The Morgan fingerprint density at radius 2 is 1.89 bits per heavy atom. The van der Waals surface area contributed by atoms with Gasteiger partial charge in [0.2, 0.25) is 0 Å². The van der Waals surface area contributed by atoms with Crippen LogP contribution in [0.2, 0.25) is 0 Å². The number of oxazole rings is 1. The van der Waals surface area contributed by atoms with E-state index in [9.17, 15) is 0 Å². The van der Waals surface area contributed by atoms with Crippen LogP contribution in [0.25, 0.3) is 22.4 Å². The smallest absolute Gasteiger partial charge is 0.198 e. The molecule has 90 valence electrons. The van der Waals surface area contributed by atoms with E-state index in [4.69, 9.17) is 9.15 Å². The van der Waals surface area contributed by atoms with Crippen molar-refractivity contribution in [3.8, 4) is 16.9 Å². The van der Waals surface area contributed by atoms with Crippen molar-refractivity contribution < 1.29 is 9.15 Å². The van der Waals surface area contributed by atoms with Crippen molar-refractivity contribution in [2.45, 2.75) is 6.92 Å².